The number of ether oxygens (including phenoxy) is 2. The Morgan fingerprint density at radius 3 is 2.44 bits per heavy atom. The average Bonchev–Trinajstić information content (AvgIpc) is 2.16. The quantitative estimate of drug-likeness (QED) is 0.752. The van der Waals surface area contributed by atoms with Gasteiger partial charge in [-0.05, 0) is 38.8 Å². The van der Waals surface area contributed by atoms with E-state index in [1.54, 1.807) is 0 Å². The van der Waals surface area contributed by atoms with Crippen molar-refractivity contribution in [1.29, 1.82) is 0 Å². The third-order valence-electron chi connectivity index (χ3n) is 2.80. The number of rotatable bonds is 2. The molecule has 1 aromatic carbocycles. The molecule has 0 bridgehead atoms. The SMILES string of the molecule is [CH2]c1ccccc1C1(C(=O)OC(C)(C)C)[CH]CO1. The van der Waals surface area contributed by atoms with Crippen LogP contribution < -0.4 is 0 Å². The first-order chi connectivity index (χ1) is 8.35. The smallest absolute Gasteiger partial charge is 0.344 e. The molecular weight excluding hydrogens is 228 g/mol. The van der Waals surface area contributed by atoms with Crippen molar-refractivity contribution in [3.63, 3.8) is 0 Å². The minimum atomic E-state index is -1.08. The van der Waals surface area contributed by atoms with Gasteiger partial charge in [0.15, 0.2) is 5.60 Å². The van der Waals surface area contributed by atoms with Crippen molar-refractivity contribution in [2.24, 2.45) is 0 Å². The summed E-state index contributed by atoms with van der Waals surface area (Å²) in [5.41, 5.74) is -0.0803. The van der Waals surface area contributed by atoms with Crippen LogP contribution in [0.2, 0.25) is 0 Å². The molecule has 1 aromatic rings. The molecule has 0 amide bonds. The molecule has 1 aliphatic heterocycles. The van der Waals surface area contributed by atoms with Crippen molar-refractivity contribution in [2.45, 2.75) is 32.0 Å². The highest BCUT2D eigenvalue weighted by atomic mass is 16.6. The van der Waals surface area contributed by atoms with Gasteiger partial charge < -0.3 is 9.47 Å². The monoisotopic (exact) mass is 246 g/mol. The van der Waals surface area contributed by atoms with Crippen LogP contribution in [-0.2, 0) is 19.9 Å². The Morgan fingerprint density at radius 1 is 1.39 bits per heavy atom. The van der Waals surface area contributed by atoms with E-state index < -0.39 is 11.2 Å². The summed E-state index contributed by atoms with van der Waals surface area (Å²) in [5, 5.41) is 0. The second-order valence-corrected chi connectivity index (χ2v) is 5.41. The average molecular weight is 246 g/mol. The van der Waals surface area contributed by atoms with Gasteiger partial charge in [-0.25, -0.2) is 4.79 Å². The van der Waals surface area contributed by atoms with Gasteiger partial charge in [0, 0.05) is 6.42 Å². The summed E-state index contributed by atoms with van der Waals surface area (Å²) in [6, 6.07) is 7.46. The third kappa shape index (κ3) is 2.27. The molecule has 1 heterocycles. The topological polar surface area (TPSA) is 35.5 Å². The number of esters is 1. The molecule has 2 radical (unpaired) electrons. The van der Waals surface area contributed by atoms with E-state index in [1.807, 2.05) is 51.5 Å². The maximum absolute atomic E-state index is 12.3. The molecule has 3 nitrogen and oxygen atoms in total. The Hall–Kier alpha value is -1.35. The lowest BCUT2D eigenvalue weighted by Crippen LogP contribution is -2.51. The van der Waals surface area contributed by atoms with Gasteiger partial charge in [-0.2, -0.15) is 0 Å². The fourth-order valence-corrected chi connectivity index (χ4v) is 1.93. The zero-order valence-electron chi connectivity index (χ0n) is 11.0. The van der Waals surface area contributed by atoms with Crippen LogP contribution in [0.25, 0.3) is 0 Å². The summed E-state index contributed by atoms with van der Waals surface area (Å²) < 4.78 is 11.0. The molecule has 0 N–H and O–H groups in total. The van der Waals surface area contributed by atoms with E-state index in [0.717, 1.165) is 11.1 Å². The van der Waals surface area contributed by atoms with E-state index in [1.165, 1.54) is 0 Å². The minimum Gasteiger partial charge on any atom is -0.458 e. The molecule has 0 saturated carbocycles. The predicted molar refractivity (Wildman–Crippen MR) is 68.7 cm³/mol. The highest BCUT2D eigenvalue weighted by Gasteiger charge is 2.51. The highest BCUT2D eigenvalue weighted by molar-refractivity contribution is 5.85. The molecule has 0 spiro atoms. The lowest BCUT2D eigenvalue weighted by molar-refractivity contribution is -0.195. The predicted octanol–water partition coefficient (Wildman–Crippen LogP) is 2.64. The van der Waals surface area contributed by atoms with Crippen LogP contribution in [0.15, 0.2) is 24.3 Å². The number of hydrogen-bond donors (Lipinski definition) is 0. The Bertz CT molecular complexity index is 453. The van der Waals surface area contributed by atoms with Gasteiger partial charge in [0.1, 0.15) is 5.60 Å². The lowest BCUT2D eigenvalue weighted by Gasteiger charge is -2.41. The van der Waals surface area contributed by atoms with E-state index in [0.29, 0.717) is 6.61 Å². The lowest BCUT2D eigenvalue weighted by atomic mass is 9.83. The van der Waals surface area contributed by atoms with E-state index in [2.05, 4.69) is 6.92 Å². The Balaban J connectivity index is 2.32. The first-order valence-corrected chi connectivity index (χ1v) is 5.98. The maximum atomic E-state index is 12.3. The Morgan fingerprint density at radius 2 is 2.00 bits per heavy atom. The Labute approximate surface area is 108 Å². The van der Waals surface area contributed by atoms with Crippen LogP contribution in [0.1, 0.15) is 31.9 Å². The minimum absolute atomic E-state index is 0.377. The second-order valence-electron chi connectivity index (χ2n) is 5.41. The summed E-state index contributed by atoms with van der Waals surface area (Å²) in [4.78, 5) is 12.3. The van der Waals surface area contributed by atoms with Gasteiger partial charge >= 0.3 is 5.97 Å². The maximum Gasteiger partial charge on any atom is 0.344 e. The van der Waals surface area contributed by atoms with E-state index >= 15 is 0 Å². The molecule has 2 rings (SSSR count). The molecule has 1 aliphatic rings. The van der Waals surface area contributed by atoms with Crippen molar-refractivity contribution in [3.05, 3.63) is 48.7 Å². The first-order valence-electron chi connectivity index (χ1n) is 5.98. The van der Waals surface area contributed by atoms with Crippen LogP contribution in [0.4, 0.5) is 0 Å². The summed E-state index contributed by atoms with van der Waals surface area (Å²) in [5.74, 6) is -0.377. The summed E-state index contributed by atoms with van der Waals surface area (Å²) in [6.07, 6.45) is 1.82. The zero-order valence-corrected chi connectivity index (χ0v) is 11.0. The van der Waals surface area contributed by atoms with Crippen LogP contribution in [-0.4, -0.2) is 18.2 Å². The van der Waals surface area contributed by atoms with Crippen molar-refractivity contribution in [3.8, 4) is 0 Å². The van der Waals surface area contributed by atoms with Crippen molar-refractivity contribution in [2.75, 3.05) is 6.61 Å². The first kappa shape index (κ1) is 13.1. The van der Waals surface area contributed by atoms with E-state index in [-0.39, 0.29) is 5.97 Å². The number of carbonyl (C=O) groups is 1. The number of carbonyl (C=O) groups excluding carboxylic acids is 1. The number of benzene rings is 1. The second kappa shape index (κ2) is 4.39. The standard InChI is InChI=1S/C15H18O3/c1-11-7-5-6-8-12(11)15(9-10-17-15)13(16)18-14(2,3)4/h5-9H,1,10H2,2-4H3. The normalized spacial score (nSPS) is 23.3. The highest BCUT2D eigenvalue weighted by Crippen LogP contribution is 2.40. The molecule has 3 heteroatoms. The molecule has 96 valence electrons. The summed E-state index contributed by atoms with van der Waals surface area (Å²) in [6.45, 7) is 9.91. The molecule has 1 fully saturated rings. The van der Waals surface area contributed by atoms with Crippen molar-refractivity contribution >= 4 is 5.97 Å². The van der Waals surface area contributed by atoms with Gasteiger partial charge in [0.2, 0.25) is 0 Å². The Kier molecular flexibility index (Phi) is 3.20. The van der Waals surface area contributed by atoms with Gasteiger partial charge in [0.25, 0.3) is 0 Å². The van der Waals surface area contributed by atoms with Crippen LogP contribution in [0, 0.1) is 13.3 Å². The van der Waals surface area contributed by atoms with Gasteiger partial charge in [-0.3, -0.25) is 0 Å². The van der Waals surface area contributed by atoms with Gasteiger partial charge in [0.05, 0.1) is 6.61 Å². The summed E-state index contributed by atoms with van der Waals surface area (Å²) in [7, 11) is 0. The van der Waals surface area contributed by atoms with Crippen LogP contribution in [0.5, 0.6) is 0 Å². The van der Waals surface area contributed by atoms with Crippen LogP contribution in [0.3, 0.4) is 0 Å². The fraction of sp³-hybridized carbons (Fsp3) is 0.400. The molecule has 0 aromatic heterocycles. The van der Waals surface area contributed by atoms with Gasteiger partial charge in [-0.1, -0.05) is 24.3 Å². The van der Waals surface area contributed by atoms with Gasteiger partial charge in [-0.15, -0.1) is 0 Å². The number of hydrogen-bond acceptors (Lipinski definition) is 3. The molecule has 18 heavy (non-hydrogen) atoms. The third-order valence-corrected chi connectivity index (χ3v) is 2.80. The molecular formula is C15H18O3. The van der Waals surface area contributed by atoms with E-state index in [4.69, 9.17) is 9.47 Å². The van der Waals surface area contributed by atoms with E-state index in [9.17, 15) is 4.79 Å². The molecule has 1 saturated heterocycles. The van der Waals surface area contributed by atoms with Crippen molar-refractivity contribution < 1.29 is 14.3 Å². The van der Waals surface area contributed by atoms with Crippen molar-refractivity contribution in [1.82, 2.24) is 0 Å². The summed E-state index contributed by atoms with van der Waals surface area (Å²) >= 11 is 0. The molecule has 0 aliphatic carbocycles. The zero-order chi connectivity index (χ0) is 13.4. The van der Waals surface area contributed by atoms with Crippen LogP contribution >= 0.6 is 0 Å². The molecule has 1 unspecified atom stereocenters. The largest absolute Gasteiger partial charge is 0.458 e. The fourth-order valence-electron chi connectivity index (χ4n) is 1.93. The molecule has 1 atom stereocenters.